The zero-order valence-electron chi connectivity index (χ0n) is 15.8. The molecule has 0 bridgehead atoms. The topological polar surface area (TPSA) is 137 Å². The van der Waals surface area contributed by atoms with E-state index in [1.165, 1.54) is 16.7 Å². The van der Waals surface area contributed by atoms with E-state index in [4.69, 9.17) is 0 Å². The van der Waals surface area contributed by atoms with E-state index >= 15 is 0 Å². The number of β-amino-alcohol motifs (C(OH)–C–C–N with tert-alkyl or cyclic N) is 1. The van der Waals surface area contributed by atoms with Crippen LogP contribution in [0.2, 0.25) is 0 Å². The highest BCUT2D eigenvalue weighted by Gasteiger charge is 2.44. The van der Waals surface area contributed by atoms with E-state index in [-0.39, 0.29) is 42.8 Å². The molecule has 3 N–H and O–H groups in total. The van der Waals surface area contributed by atoms with Crippen molar-refractivity contribution in [3.8, 4) is 0 Å². The third-order valence-corrected chi connectivity index (χ3v) is 5.63. The molecule has 2 amide bonds. The van der Waals surface area contributed by atoms with Gasteiger partial charge in [0.15, 0.2) is 0 Å². The molecule has 0 aromatic carbocycles. The number of hydrogen-bond donors (Lipinski definition) is 3. The predicted octanol–water partition coefficient (Wildman–Crippen LogP) is -1.60. The number of rotatable bonds is 6. The second-order valence-electron chi connectivity index (χ2n) is 7.77. The highest BCUT2D eigenvalue weighted by Crippen LogP contribution is 2.29. The predicted molar refractivity (Wildman–Crippen MR) is 100 cm³/mol. The summed E-state index contributed by atoms with van der Waals surface area (Å²) in [5, 5.41) is 16.5. The zero-order chi connectivity index (χ0) is 20.4. The van der Waals surface area contributed by atoms with Crippen LogP contribution in [-0.2, 0) is 16.1 Å². The van der Waals surface area contributed by atoms with Gasteiger partial charge in [-0.3, -0.25) is 19.4 Å². The number of H-pyrrole nitrogens is 1. The summed E-state index contributed by atoms with van der Waals surface area (Å²) in [4.78, 5) is 50.4. The molecule has 10 nitrogen and oxygen atoms in total. The summed E-state index contributed by atoms with van der Waals surface area (Å²) in [6.45, 7) is 5.71. The molecule has 1 aliphatic rings. The molecule has 0 aliphatic carbocycles. The first-order valence-corrected chi connectivity index (χ1v) is 9.71. The van der Waals surface area contributed by atoms with E-state index in [0.717, 1.165) is 10.9 Å². The molecule has 1 aliphatic heterocycles. The molecule has 1 aromatic heterocycles. The molecular weight excluding hydrogens is 374 g/mol. The average Bonchev–Trinajstić information content (AvgIpc) is 2.52. The van der Waals surface area contributed by atoms with Gasteiger partial charge in [-0.25, -0.2) is 9.48 Å². The number of nitrogens with one attached hydrogen (secondary N) is 2. The van der Waals surface area contributed by atoms with Crippen LogP contribution in [0.1, 0.15) is 20.8 Å². The van der Waals surface area contributed by atoms with Gasteiger partial charge in [-0.1, -0.05) is 20.8 Å². The van der Waals surface area contributed by atoms with Crippen molar-refractivity contribution in [3.63, 3.8) is 0 Å². The van der Waals surface area contributed by atoms with Crippen molar-refractivity contribution >= 4 is 23.6 Å². The molecule has 0 radical (unpaired) electrons. The molecule has 0 spiro atoms. The summed E-state index contributed by atoms with van der Waals surface area (Å²) in [6.07, 6.45) is 2.77. The Morgan fingerprint density at radius 3 is 2.56 bits per heavy atom. The Morgan fingerprint density at radius 1 is 1.41 bits per heavy atom. The van der Waals surface area contributed by atoms with Gasteiger partial charge in [0.25, 0.3) is 5.56 Å². The van der Waals surface area contributed by atoms with Crippen LogP contribution in [-0.4, -0.2) is 73.3 Å². The van der Waals surface area contributed by atoms with Crippen molar-refractivity contribution < 1.29 is 14.7 Å². The first-order valence-electron chi connectivity index (χ1n) is 8.42. The quantitative estimate of drug-likeness (QED) is 0.524. The Morgan fingerprint density at radius 2 is 2.04 bits per heavy atom. The summed E-state index contributed by atoms with van der Waals surface area (Å²) in [7, 11) is 0. The number of carbonyl (C=O) groups excluding carboxylic acids is 2. The first-order chi connectivity index (χ1) is 12.4. The molecule has 1 fully saturated rings. The van der Waals surface area contributed by atoms with Crippen LogP contribution in [0.25, 0.3) is 0 Å². The minimum Gasteiger partial charge on any atom is -0.384 e. The number of aliphatic hydroxyl groups is 1. The van der Waals surface area contributed by atoms with Crippen LogP contribution < -0.4 is 16.6 Å². The minimum atomic E-state index is -1.20. The third-order valence-electron chi connectivity index (χ3n) is 4.24. The highest BCUT2D eigenvalue weighted by atomic mass is 32.2. The lowest BCUT2D eigenvalue weighted by molar-refractivity contribution is -0.156. The van der Waals surface area contributed by atoms with Gasteiger partial charge in [-0.05, 0) is 11.7 Å². The summed E-state index contributed by atoms with van der Waals surface area (Å²) in [5.74, 6) is -0.568. The van der Waals surface area contributed by atoms with E-state index < -0.39 is 22.8 Å². The fourth-order valence-electron chi connectivity index (χ4n) is 2.87. The van der Waals surface area contributed by atoms with Crippen molar-refractivity contribution in [1.82, 2.24) is 25.0 Å². The molecular formula is C16H25N5O5S. The van der Waals surface area contributed by atoms with Gasteiger partial charge >= 0.3 is 5.69 Å². The number of carbonyl (C=O) groups is 2. The van der Waals surface area contributed by atoms with Gasteiger partial charge in [0.05, 0.1) is 18.3 Å². The average molecular weight is 399 g/mol. The number of aromatic nitrogens is 3. The smallest absolute Gasteiger partial charge is 0.345 e. The van der Waals surface area contributed by atoms with Crippen molar-refractivity contribution in [2.45, 2.75) is 38.2 Å². The number of likely N-dealkylation sites (tertiary alicyclic amines) is 1. The Hall–Kier alpha value is -2.14. The van der Waals surface area contributed by atoms with Crippen molar-refractivity contribution in [2.75, 3.05) is 25.9 Å². The highest BCUT2D eigenvalue weighted by molar-refractivity contribution is 8.00. The van der Waals surface area contributed by atoms with Crippen LogP contribution >= 0.6 is 11.8 Å². The minimum absolute atomic E-state index is 0.0413. The van der Waals surface area contributed by atoms with Crippen LogP contribution in [0.15, 0.2) is 15.8 Å². The monoisotopic (exact) mass is 399 g/mol. The summed E-state index contributed by atoms with van der Waals surface area (Å²) < 4.78 is 0.843. The molecule has 1 aromatic rings. The van der Waals surface area contributed by atoms with Crippen molar-refractivity contribution in [3.05, 3.63) is 27.0 Å². The number of hydrogen-bond acceptors (Lipinski definition) is 7. The van der Waals surface area contributed by atoms with Crippen molar-refractivity contribution in [2.24, 2.45) is 5.41 Å². The molecule has 2 rings (SSSR count). The summed E-state index contributed by atoms with van der Waals surface area (Å²) >= 11 is 1.45. The normalized spacial score (nSPS) is 17.1. The SMILES string of the molecule is CSC(C(=O)NCC1(O)CN(C(=O)Cn2ncc(=O)[nH]c2=O)C1)C(C)(C)C. The molecule has 150 valence electrons. The van der Waals surface area contributed by atoms with E-state index in [1.54, 1.807) is 0 Å². The molecule has 11 heteroatoms. The zero-order valence-corrected chi connectivity index (χ0v) is 16.6. The largest absolute Gasteiger partial charge is 0.384 e. The third kappa shape index (κ3) is 5.19. The van der Waals surface area contributed by atoms with E-state index in [1.807, 2.05) is 32.0 Å². The van der Waals surface area contributed by atoms with E-state index in [9.17, 15) is 24.3 Å². The van der Waals surface area contributed by atoms with Gasteiger partial charge < -0.3 is 15.3 Å². The Bertz CT molecular complexity index is 821. The fraction of sp³-hybridized carbons (Fsp3) is 0.688. The Labute approximate surface area is 160 Å². The molecule has 0 saturated carbocycles. The van der Waals surface area contributed by atoms with Crippen LogP contribution in [0, 0.1) is 5.41 Å². The molecule has 1 unspecified atom stereocenters. The second-order valence-corrected chi connectivity index (χ2v) is 8.71. The number of aromatic amines is 1. The number of thioether (sulfide) groups is 1. The van der Waals surface area contributed by atoms with E-state index in [2.05, 4.69) is 10.4 Å². The number of amides is 2. The molecule has 1 atom stereocenters. The molecule has 2 heterocycles. The van der Waals surface area contributed by atoms with Gasteiger partial charge in [0, 0.05) is 6.54 Å². The molecule has 27 heavy (non-hydrogen) atoms. The maximum absolute atomic E-state index is 12.3. The maximum atomic E-state index is 12.3. The second kappa shape index (κ2) is 7.85. The van der Waals surface area contributed by atoms with Gasteiger partial charge in [-0.2, -0.15) is 16.9 Å². The fourth-order valence-corrected chi connectivity index (χ4v) is 3.87. The van der Waals surface area contributed by atoms with Crippen molar-refractivity contribution in [1.29, 1.82) is 0 Å². The summed E-state index contributed by atoms with van der Waals surface area (Å²) in [6, 6.07) is 0. The lowest BCUT2D eigenvalue weighted by Gasteiger charge is -2.46. The van der Waals surface area contributed by atoms with Gasteiger partial charge in [0.1, 0.15) is 18.3 Å². The van der Waals surface area contributed by atoms with Gasteiger partial charge in [0.2, 0.25) is 11.8 Å². The number of nitrogens with zero attached hydrogens (tertiary/aromatic N) is 3. The van der Waals surface area contributed by atoms with E-state index in [0.29, 0.717) is 0 Å². The van der Waals surface area contributed by atoms with Crippen LogP contribution in [0.3, 0.4) is 0 Å². The summed E-state index contributed by atoms with van der Waals surface area (Å²) in [5.41, 5.74) is -2.83. The Kier molecular flexibility index (Phi) is 6.15. The lowest BCUT2D eigenvalue weighted by atomic mass is 9.90. The van der Waals surface area contributed by atoms with Crippen LogP contribution in [0.4, 0.5) is 0 Å². The Balaban J connectivity index is 1.86. The lowest BCUT2D eigenvalue weighted by Crippen LogP contribution is -2.68. The first kappa shape index (κ1) is 21.2. The van der Waals surface area contributed by atoms with Crippen LogP contribution in [0.5, 0.6) is 0 Å². The standard InChI is InChI=1S/C16H25N5O5S/c1-15(2,3)12(27-4)13(24)17-7-16(26)8-20(9-16)11(23)6-21-14(25)19-10(22)5-18-21/h5,12,26H,6-9H2,1-4H3,(H,17,24)(H,19,22,25). The molecule has 1 saturated heterocycles. The maximum Gasteiger partial charge on any atom is 0.345 e. The van der Waals surface area contributed by atoms with Gasteiger partial charge in [-0.15, -0.1) is 0 Å².